The fourth-order valence-corrected chi connectivity index (χ4v) is 3.57. The molecule has 0 bridgehead atoms. The van der Waals surface area contributed by atoms with E-state index in [1.807, 2.05) is 30.2 Å². The van der Waals surface area contributed by atoms with Crippen LogP contribution in [0.2, 0.25) is 0 Å². The van der Waals surface area contributed by atoms with E-state index in [1.54, 1.807) is 6.20 Å². The van der Waals surface area contributed by atoms with Crippen LogP contribution in [0, 0.1) is 6.92 Å². The van der Waals surface area contributed by atoms with E-state index in [-0.39, 0.29) is 0 Å². The Kier molecular flexibility index (Phi) is 5.16. The molecule has 1 aromatic carbocycles. The first kappa shape index (κ1) is 17.7. The van der Waals surface area contributed by atoms with Crippen LogP contribution in [0.25, 0.3) is 5.69 Å². The summed E-state index contributed by atoms with van der Waals surface area (Å²) < 4.78 is 2.03. The van der Waals surface area contributed by atoms with Gasteiger partial charge in [0, 0.05) is 62.6 Å². The van der Waals surface area contributed by atoms with Crippen molar-refractivity contribution in [3.8, 4) is 5.69 Å². The number of piperazine rings is 1. The first-order chi connectivity index (χ1) is 13.2. The Labute approximate surface area is 160 Å². The SMILES string of the molecule is CCc1cnc(C)nc1N1CCN(Cc2ccc(-n3ccnc3)cc2)CC1. The average Bonchev–Trinajstić information content (AvgIpc) is 3.24. The van der Waals surface area contributed by atoms with Crippen molar-refractivity contribution in [1.82, 2.24) is 24.4 Å². The first-order valence-electron chi connectivity index (χ1n) is 9.60. The molecule has 0 atom stereocenters. The van der Waals surface area contributed by atoms with E-state index >= 15 is 0 Å². The van der Waals surface area contributed by atoms with Crippen molar-refractivity contribution < 1.29 is 0 Å². The number of benzene rings is 1. The summed E-state index contributed by atoms with van der Waals surface area (Å²) in [5.74, 6) is 1.97. The van der Waals surface area contributed by atoms with Gasteiger partial charge >= 0.3 is 0 Å². The lowest BCUT2D eigenvalue weighted by atomic mass is 10.1. The standard InChI is InChI=1S/C21H26N6/c1-3-19-14-23-17(2)24-21(19)26-12-10-25(11-13-26)15-18-4-6-20(7-5-18)27-9-8-22-16-27/h4-9,14,16H,3,10-13,15H2,1-2H3. The Balaban J connectivity index is 1.36. The van der Waals surface area contributed by atoms with Crippen molar-refractivity contribution in [2.75, 3.05) is 31.1 Å². The zero-order valence-corrected chi connectivity index (χ0v) is 16.0. The largest absolute Gasteiger partial charge is 0.354 e. The topological polar surface area (TPSA) is 50.1 Å². The molecular formula is C21H26N6. The molecule has 6 heteroatoms. The highest BCUT2D eigenvalue weighted by molar-refractivity contribution is 5.46. The minimum atomic E-state index is 0.850. The zero-order valence-electron chi connectivity index (χ0n) is 16.0. The summed E-state index contributed by atoms with van der Waals surface area (Å²) in [5.41, 5.74) is 3.73. The highest BCUT2D eigenvalue weighted by Gasteiger charge is 2.20. The van der Waals surface area contributed by atoms with Gasteiger partial charge in [0.25, 0.3) is 0 Å². The van der Waals surface area contributed by atoms with Crippen molar-refractivity contribution in [2.45, 2.75) is 26.8 Å². The number of hydrogen-bond acceptors (Lipinski definition) is 5. The summed E-state index contributed by atoms with van der Waals surface area (Å²) in [6.07, 6.45) is 8.54. The van der Waals surface area contributed by atoms with E-state index in [0.717, 1.165) is 56.5 Å². The Morgan fingerprint density at radius 2 is 1.81 bits per heavy atom. The molecule has 0 aliphatic carbocycles. The number of aromatic nitrogens is 4. The molecule has 0 amide bonds. The van der Waals surface area contributed by atoms with E-state index in [1.165, 1.54) is 11.1 Å². The maximum Gasteiger partial charge on any atom is 0.135 e. The number of nitrogens with zero attached hydrogens (tertiary/aromatic N) is 6. The highest BCUT2D eigenvalue weighted by atomic mass is 15.3. The highest BCUT2D eigenvalue weighted by Crippen LogP contribution is 2.20. The molecule has 1 aliphatic heterocycles. The summed E-state index contributed by atoms with van der Waals surface area (Å²) in [6, 6.07) is 8.74. The van der Waals surface area contributed by atoms with Gasteiger partial charge < -0.3 is 9.47 Å². The van der Waals surface area contributed by atoms with Crippen molar-refractivity contribution in [3.63, 3.8) is 0 Å². The van der Waals surface area contributed by atoms with E-state index in [2.05, 4.69) is 51.0 Å². The average molecular weight is 362 g/mol. The van der Waals surface area contributed by atoms with Gasteiger partial charge in [0.1, 0.15) is 11.6 Å². The molecule has 3 aromatic rings. The normalized spacial score (nSPS) is 15.3. The number of aryl methyl sites for hydroxylation is 2. The molecule has 2 aromatic heterocycles. The number of rotatable bonds is 5. The van der Waals surface area contributed by atoms with Crippen LogP contribution in [0.3, 0.4) is 0 Å². The molecule has 0 unspecified atom stereocenters. The van der Waals surface area contributed by atoms with Gasteiger partial charge in [-0.2, -0.15) is 0 Å². The minimum absolute atomic E-state index is 0.850. The summed E-state index contributed by atoms with van der Waals surface area (Å²) >= 11 is 0. The zero-order chi connectivity index (χ0) is 18.6. The van der Waals surface area contributed by atoms with Crippen LogP contribution in [0.4, 0.5) is 5.82 Å². The summed E-state index contributed by atoms with van der Waals surface area (Å²) in [4.78, 5) is 18.1. The van der Waals surface area contributed by atoms with Gasteiger partial charge in [0.15, 0.2) is 0 Å². The quantitative estimate of drug-likeness (QED) is 0.699. The molecule has 140 valence electrons. The molecule has 6 nitrogen and oxygen atoms in total. The third-order valence-corrected chi connectivity index (χ3v) is 5.16. The Morgan fingerprint density at radius 3 is 2.48 bits per heavy atom. The molecule has 0 spiro atoms. The predicted molar refractivity (Wildman–Crippen MR) is 107 cm³/mol. The van der Waals surface area contributed by atoms with Gasteiger partial charge in [-0.15, -0.1) is 0 Å². The Bertz CT molecular complexity index is 864. The molecule has 0 saturated carbocycles. The second-order valence-corrected chi connectivity index (χ2v) is 7.02. The van der Waals surface area contributed by atoms with Gasteiger partial charge in [-0.3, -0.25) is 4.90 Å². The van der Waals surface area contributed by atoms with Gasteiger partial charge in [0.2, 0.25) is 0 Å². The van der Waals surface area contributed by atoms with Crippen molar-refractivity contribution in [2.24, 2.45) is 0 Å². The van der Waals surface area contributed by atoms with Gasteiger partial charge in [0.05, 0.1) is 6.33 Å². The van der Waals surface area contributed by atoms with E-state index in [4.69, 9.17) is 4.98 Å². The summed E-state index contributed by atoms with van der Waals surface area (Å²) in [7, 11) is 0. The second kappa shape index (κ2) is 7.88. The second-order valence-electron chi connectivity index (χ2n) is 7.02. The van der Waals surface area contributed by atoms with Crippen LogP contribution in [0.15, 0.2) is 49.2 Å². The summed E-state index contributed by atoms with van der Waals surface area (Å²) in [6.45, 7) is 9.24. The smallest absolute Gasteiger partial charge is 0.135 e. The molecular weight excluding hydrogens is 336 g/mol. The van der Waals surface area contributed by atoms with E-state index < -0.39 is 0 Å². The molecule has 4 rings (SSSR count). The van der Waals surface area contributed by atoms with Crippen LogP contribution in [0.1, 0.15) is 23.9 Å². The lowest BCUT2D eigenvalue weighted by Crippen LogP contribution is -2.46. The third kappa shape index (κ3) is 4.01. The first-order valence-corrected chi connectivity index (χ1v) is 9.60. The molecule has 0 radical (unpaired) electrons. The van der Waals surface area contributed by atoms with Gasteiger partial charge in [-0.05, 0) is 31.0 Å². The third-order valence-electron chi connectivity index (χ3n) is 5.16. The molecule has 1 aliphatic rings. The molecule has 27 heavy (non-hydrogen) atoms. The molecule has 1 fully saturated rings. The number of imidazole rings is 1. The van der Waals surface area contributed by atoms with Gasteiger partial charge in [-0.25, -0.2) is 15.0 Å². The Morgan fingerprint density at radius 1 is 1.04 bits per heavy atom. The minimum Gasteiger partial charge on any atom is -0.354 e. The molecule has 1 saturated heterocycles. The lowest BCUT2D eigenvalue weighted by Gasteiger charge is -2.36. The van der Waals surface area contributed by atoms with Crippen molar-refractivity contribution in [3.05, 3.63) is 66.1 Å². The predicted octanol–water partition coefficient (Wildman–Crippen LogP) is 2.86. The van der Waals surface area contributed by atoms with E-state index in [9.17, 15) is 0 Å². The molecule has 3 heterocycles. The van der Waals surface area contributed by atoms with Crippen LogP contribution in [-0.4, -0.2) is 50.6 Å². The number of hydrogen-bond donors (Lipinski definition) is 0. The maximum absolute atomic E-state index is 4.70. The van der Waals surface area contributed by atoms with Crippen molar-refractivity contribution in [1.29, 1.82) is 0 Å². The van der Waals surface area contributed by atoms with Crippen LogP contribution in [0.5, 0.6) is 0 Å². The fourth-order valence-electron chi connectivity index (χ4n) is 3.57. The summed E-state index contributed by atoms with van der Waals surface area (Å²) in [5, 5.41) is 0. The van der Waals surface area contributed by atoms with Crippen LogP contribution < -0.4 is 4.90 Å². The Hall–Kier alpha value is -2.73. The van der Waals surface area contributed by atoms with Crippen LogP contribution in [-0.2, 0) is 13.0 Å². The maximum atomic E-state index is 4.70. The number of anilines is 1. The monoisotopic (exact) mass is 362 g/mol. The molecule has 0 N–H and O–H groups in total. The van der Waals surface area contributed by atoms with E-state index in [0.29, 0.717) is 0 Å². The fraction of sp³-hybridized carbons (Fsp3) is 0.381. The lowest BCUT2D eigenvalue weighted by molar-refractivity contribution is 0.249. The van der Waals surface area contributed by atoms with Crippen LogP contribution >= 0.6 is 0 Å². The van der Waals surface area contributed by atoms with Crippen molar-refractivity contribution >= 4 is 5.82 Å². The van der Waals surface area contributed by atoms with Gasteiger partial charge in [-0.1, -0.05) is 19.1 Å².